The van der Waals surface area contributed by atoms with Crippen molar-refractivity contribution in [3.8, 4) is 22.3 Å². The zero-order valence-corrected chi connectivity index (χ0v) is 53.2. The van der Waals surface area contributed by atoms with Crippen molar-refractivity contribution in [3.05, 3.63) is 240 Å². The molecule has 0 saturated carbocycles. The van der Waals surface area contributed by atoms with E-state index >= 15 is 0 Å². The summed E-state index contributed by atoms with van der Waals surface area (Å²) in [6.07, 6.45) is 0.241. The van der Waals surface area contributed by atoms with Crippen LogP contribution < -0.4 is 24.8 Å². The van der Waals surface area contributed by atoms with Crippen molar-refractivity contribution in [3.63, 3.8) is 0 Å². The Labute approximate surface area is 491 Å². The maximum atomic E-state index is 2.28. The van der Waals surface area contributed by atoms with Gasteiger partial charge in [0.15, 0.2) is 0 Å². The van der Waals surface area contributed by atoms with Gasteiger partial charge in [-0.2, -0.15) is 12.1 Å². The van der Waals surface area contributed by atoms with Gasteiger partial charge in [0.25, 0.3) is 0 Å². The van der Waals surface area contributed by atoms with E-state index in [-0.39, 0.29) is 37.2 Å². The predicted molar refractivity (Wildman–Crippen MR) is 326 cm³/mol. The van der Waals surface area contributed by atoms with Crippen molar-refractivity contribution in [2.24, 2.45) is 0 Å². The molecule has 0 nitrogen and oxygen atoms in total. The van der Waals surface area contributed by atoms with Gasteiger partial charge in [-0.1, -0.05) is 185 Å². The van der Waals surface area contributed by atoms with Gasteiger partial charge in [-0.3, -0.25) is 0 Å². The van der Waals surface area contributed by atoms with Crippen LogP contribution in [0.5, 0.6) is 0 Å². The Bertz CT molecular complexity index is 3510. The molecule has 0 aliphatic heterocycles. The van der Waals surface area contributed by atoms with Crippen molar-refractivity contribution < 1.29 is 63.2 Å². The van der Waals surface area contributed by atoms with Gasteiger partial charge in [0.1, 0.15) is 0 Å². The molecule has 0 atom stereocenters. The summed E-state index contributed by atoms with van der Waals surface area (Å²) < 4.78 is 0. The Morgan fingerprint density at radius 1 is 0.342 bits per heavy atom. The Balaban J connectivity index is 0.000000180. The zero-order valence-electron chi connectivity index (χ0n) is 46.5. The third-order valence-corrected chi connectivity index (χ3v) is 13.2. The number of hydrogen-bond donors (Lipinski definition) is 0. The summed E-state index contributed by atoms with van der Waals surface area (Å²) in [6, 6.07) is 74.7. The summed E-state index contributed by atoms with van der Waals surface area (Å²) in [5.41, 5.74) is 13.6. The summed E-state index contributed by atoms with van der Waals surface area (Å²) in [6.45, 7) is 26.7. The van der Waals surface area contributed by atoms with Gasteiger partial charge >= 0.3 is 76.9 Å². The smallest absolute Gasteiger partial charge is 0.0224 e. The molecule has 0 spiro atoms. The molecule has 0 amide bonds. The first kappa shape index (κ1) is 62.0. The number of fused-ring (bicyclic) bond motifs is 6. The third kappa shape index (κ3) is 16.1. The van der Waals surface area contributed by atoms with Gasteiger partial charge < -0.3 is 24.8 Å². The maximum absolute atomic E-state index is 2.28. The fourth-order valence-corrected chi connectivity index (χ4v) is 9.84. The van der Waals surface area contributed by atoms with E-state index in [0.29, 0.717) is 11.8 Å². The molecule has 12 rings (SSSR count). The minimum atomic E-state index is 0. The average Bonchev–Trinajstić information content (AvgIpc) is 4.18. The van der Waals surface area contributed by atoms with Crippen molar-refractivity contribution in [2.75, 3.05) is 0 Å². The molecule has 384 valence electrons. The van der Waals surface area contributed by atoms with Crippen LogP contribution in [0.3, 0.4) is 0 Å². The molecule has 0 saturated heterocycles. The molecule has 0 fully saturated rings. The van der Waals surface area contributed by atoms with E-state index in [0.717, 1.165) is 0 Å². The van der Waals surface area contributed by atoms with Crippen LogP contribution in [0.25, 0.3) is 86.9 Å². The van der Waals surface area contributed by atoms with Crippen LogP contribution in [-0.2, 0) is 38.3 Å². The van der Waals surface area contributed by atoms with E-state index in [1.807, 2.05) is 0 Å². The van der Waals surface area contributed by atoms with Gasteiger partial charge in [-0.05, 0) is 58.4 Å². The topological polar surface area (TPSA) is 0 Å². The molecule has 0 unspecified atom stereocenters. The molecule has 12 aromatic carbocycles. The average molecular weight is 1140 g/mol. The van der Waals surface area contributed by atoms with Crippen molar-refractivity contribution in [1.29, 1.82) is 0 Å². The van der Waals surface area contributed by atoms with Crippen LogP contribution >= 0.6 is 0 Å². The number of rotatable bonds is 4. The summed E-state index contributed by atoms with van der Waals surface area (Å²) >= 11 is 4.54. The quantitative estimate of drug-likeness (QED) is 0.122. The van der Waals surface area contributed by atoms with Gasteiger partial charge in [0.05, 0.1) is 0 Å². The minimum absolute atomic E-state index is 0. The van der Waals surface area contributed by atoms with E-state index in [2.05, 4.69) is 326 Å². The third-order valence-electron chi connectivity index (χ3n) is 13.2. The molecule has 0 aromatic heterocycles. The second kappa shape index (κ2) is 29.2. The largest absolute Gasteiger partial charge is 1.00 e. The summed E-state index contributed by atoms with van der Waals surface area (Å²) in [4.78, 5) is 0. The Kier molecular flexibility index (Phi) is 23.8. The van der Waals surface area contributed by atoms with Crippen LogP contribution in [-0.4, -0.2) is 12.4 Å². The zero-order chi connectivity index (χ0) is 53.1. The predicted octanol–water partition coefficient (Wildman–Crippen LogP) is 14.9. The summed E-state index contributed by atoms with van der Waals surface area (Å²) in [5.74, 6) is 1.23. The normalized spacial score (nSPS) is 10.6. The molecule has 6 heteroatoms. The fraction of sp³-hybridized carbons (Fsp3) is 0.200. The van der Waals surface area contributed by atoms with E-state index in [1.165, 1.54) is 120 Å². The van der Waals surface area contributed by atoms with Crippen molar-refractivity contribution in [2.45, 2.75) is 93.4 Å². The number of hydrogen-bond acceptors (Lipinski definition) is 0. The maximum Gasteiger partial charge on any atom is -0.0224 e. The molecule has 0 radical (unpaired) electrons. The number of halogens is 2. The first-order chi connectivity index (χ1) is 35.5. The monoisotopic (exact) mass is 1130 g/mol. The fourth-order valence-electron chi connectivity index (χ4n) is 9.84. The molecular formula is C70H72Cl2Si2Ti2-2. The van der Waals surface area contributed by atoms with Crippen molar-refractivity contribution in [1.82, 2.24) is 0 Å². The molecule has 0 heterocycles. The van der Waals surface area contributed by atoms with Crippen LogP contribution in [0.15, 0.2) is 206 Å². The van der Waals surface area contributed by atoms with Crippen LogP contribution in [0.1, 0.15) is 72.9 Å². The van der Waals surface area contributed by atoms with Crippen LogP contribution in [0.4, 0.5) is 0 Å². The second-order valence-electron chi connectivity index (χ2n) is 20.8. The van der Waals surface area contributed by atoms with E-state index in [4.69, 9.17) is 0 Å². The van der Waals surface area contributed by atoms with E-state index in [9.17, 15) is 0 Å². The molecule has 12 aromatic rings. The molecular weight excluding hydrogens is 1060 g/mol. The minimum Gasteiger partial charge on any atom is -1.00 e. The van der Waals surface area contributed by atoms with E-state index < -0.39 is 0 Å². The number of aryl methyl sites for hydroxylation is 4. The van der Waals surface area contributed by atoms with Gasteiger partial charge in [0, 0.05) is 0 Å². The number of benzene rings is 8. The Morgan fingerprint density at radius 2 is 0.658 bits per heavy atom. The Morgan fingerprint density at radius 3 is 1.00 bits per heavy atom. The Hall–Kier alpha value is -4.84. The SMILES string of the molecule is C[Si](C)=[Ti+2].C[Si](C)=[Ti+2].Cc1cc2c(C(C)C)cccc2[cH-]1.Cc1cc2c(C(C)C)cccc2[cH-]1.Cc1ccc(-c2cc3ccccc3[cH-]2)c2ccccc12.Cc1ccc(-c2cc3ccccc3[cH-]2)c2ccccc12.[Cl-].[Cl-]. The van der Waals surface area contributed by atoms with E-state index in [1.54, 1.807) is 0 Å². The van der Waals surface area contributed by atoms with Gasteiger partial charge in [0.2, 0.25) is 0 Å². The molecule has 76 heavy (non-hydrogen) atoms. The van der Waals surface area contributed by atoms with Gasteiger partial charge in [-0.25, -0.2) is 0 Å². The molecule has 0 aliphatic carbocycles. The van der Waals surface area contributed by atoms with Crippen LogP contribution in [0.2, 0.25) is 26.2 Å². The first-order valence-corrected chi connectivity index (χ1v) is 35.8. The molecule has 0 bridgehead atoms. The summed E-state index contributed by atoms with van der Waals surface area (Å²) in [5, 5.41) is 16.2. The van der Waals surface area contributed by atoms with Crippen molar-refractivity contribution >= 4 is 77.0 Å². The molecule has 0 N–H and O–H groups in total. The summed E-state index contributed by atoms with van der Waals surface area (Å²) in [7, 11) is 0. The first-order valence-electron chi connectivity index (χ1n) is 26.1. The second-order valence-corrected chi connectivity index (χ2v) is 34.1. The standard InChI is InChI=1S/2C20H15.2C13H15.2C2H6Si.2ClH.2Ti/c2*1-14-10-11-19(20-9-5-4-8-18(14)20)17-12-15-6-2-3-7-16(15)13-17;2*1-9(2)12-6-4-5-11-7-10(3)8-13(11)12;2*1-3-2;;;;/h2*2-13H,1H3;2*4-9H,1-3H3;2*1-2H3;2*1H;;/q4*-1;;;;;2*+2/p-2. The molecule has 0 aliphatic rings. The van der Waals surface area contributed by atoms with Crippen LogP contribution in [0, 0.1) is 27.7 Å². The van der Waals surface area contributed by atoms with Gasteiger partial charge in [-0.15, -0.1) is 138 Å².